The van der Waals surface area contributed by atoms with Gasteiger partial charge in [-0.1, -0.05) is 153 Å². The van der Waals surface area contributed by atoms with Crippen LogP contribution < -0.4 is 9.80 Å². The fraction of sp³-hybridized carbons (Fsp3) is 0.321. The van der Waals surface area contributed by atoms with E-state index in [0.29, 0.717) is 11.8 Å². The van der Waals surface area contributed by atoms with E-state index in [2.05, 4.69) is 226 Å². The molecule has 0 aliphatic carbocycles. The van der Waals surface area contributed by atoms with E-state index in [-0.39, 0.29) is 10.8 Å². The quantitative estimate of drug-likeness (QED) is 0.101. The highest BCUT2D eigenvalue weighted by molar-refractivity contribution is 6.23. The van der Waals surface area contributed by atoms with Crippen molar-refractivity contribution in [3.05, 3.63) is 167 Å². The number of hydrogen-bond donors (Lipinski definition) is 0. The van der Waals surface area contributed by atoms with Crippen LogP contribution in [0.1, 0.15) is 127 Å². The third-order valence-corrected chi connectivity index (χ3v) is 12.5. The van der Waals surface area contributed by atoms with Crippen LogP contribution in [0.2, 0.25) is 0 Å². The van der Waals surface area contributed by atoms with Crippen LogP contribution in [0.3, 0.4) is 0 Å². The van der Waals surface area contributed by atoms with Crippen molar-refractivity contribution in [1.29, 1.82) is 0 Å². The summed E-state index contributed by atoms with van der Waals surface area (Å²) in [7, 11) is 0. The first-order valence-corrected chi connectivity index (χ1v) is 21.6. The van der Waals surface area contributed by atoms with Crippen molar-refractivity contribution in [3.8, 4) is 0 Å². The lowest BCUT2D eigenvalue weighted by Gasteiger charge is -2.34. The molecule has 0 spiro atoms. The van der Waals surface area contributed by atoms with Gasteiger partial charge in [0.05, 0.1) is 11.4 Å². The summed E-state index contributed by atoms with van der Waals surface area (Å²) >= 11 is 0. The number of rotatable bonds is 10. The first-order chi connectivity index (χ1) is 27.6. The van der Waals surface area contributed by atoms with Crippen LogP contribution in [0, 0.1) is 13.8 Å². The SMILES string of the molecule is CCC(C)c1ccc(N(c2ccc(C)cc2)c2c3ccc(C(C)(C)C)cc3c(N(c3ccc(C)cc3)c3ccc(C(C)CC)cc3)c3ccc(C(C)(C)C)cc23)cc1. The van der Waals surface area contributed by atoms with Crippen molar-refractivity contribution in [2.75, 3.05) is 9.80 Å². The number of benzene rings is 7. The molecule has 0 saturated carbocycles. The lowest BCUT2D eigenvalue weighted by atomic mass is 9.82. The highest BCUT2D eigenvalue weighted by Gasteiger charge is 2.28. The van der Waals surface area contributed by atoms with Gasteiger partial charge in [0, 0.05) is 44.3 Å². The van der Waals surface area contributed by atoms with Gasteiger partial charge in [-0.15, -0.1) is 0 Å². The minimum atomic E-state index is -0.0499. The van der Waals surface area contributed by atoms with E-state index in [1.807, 2.05) is 0 Å². The van der Waals surface area contributed by atoms with Gasteiger partial charge in [0.2, 0.25) is 0 Å². The van der Waals surface area contributed by atoms with Crippen LogP contribution in [0.25, 0.3) is 21.5 Å². The lowest BCUT2D eigenvalue weighted by Crippen LogP contribution is -2.17. The fourth-order valence-corrected chi connectivity index (χ4v) is 8.18. The molecule has 298 valence electrons. The third kappa shape index (κ3) is 8.04. The zero-order valence-corrected chi connectivity index (χ0v) is 37.2. The summed E-state index contributed by atoms with van der Waals surface area (Å²) in [6.07, 6.45) is 2.22. The van der Waals surface area contributed by atoms with Crippen molar-refractivity contribution in [3.63, 3.8) is 0 Å². The van der Waals surface area contributed by atoms with Crippen molar-refractivity contribution >= 4 is 55.7 Å². The Hall–Kier alpha value is -5.34. The maximum Gasteiger partial charge on any atom is 0.0620 e. The van der Waals surface area contributed by atoms with Gasteiger partial charge < -0.3 is 9.80 Å². The normalized spacial score (nSPS) is 13.2. The minimum absolute atomic E-state index is 0.0499. The van der Waals surface area contributed by atoms with Crippen molar-refractivity contribution in [2.45, 2.75) is 119 Å². The Morgan fingerprint density at radius 1 is 0.397 bits per heavy atom. The lowest BCUT2D eigenvalue weighted by molar-refractivity contribution is 0.590. The Labute approximate surface area is 349 Å². The second kappa shape index (κ2) is 16.1. The molecule has 0 radical (unpaired) electrons. The summed E-state index contributed by atoms with van der Waals surface area (Å²) < 4.78 is 0. The first kappa shape index (κ1) is 40.8. The summed E-state index contributed by atoms with van der Waals surface area (Å²) in [6, 6.07) is 51.3. The molecule has 2 unspecified atom stereocenters. The molecule has 7 aromatic carbocycles. The first-order valence-electron chi connectivity index (χ1n) is 21.6. The Kier molecular flexibility index (Phi) is 11.4. The maximum atomic E-state index is 2.52. The molecule has 0 aliphatic rings. The molecule has 0 aromatic heterocycles. The number of nitrogens with zero attached hydrogens (tertiary/aromatic N) is 2. The second-order valence-electron chi connectivity index (χ2n) is 18.9. The van der Waals surface area contributed by atoms with E-state index >= 15 is 0 Å². The Morgan fingerprint density at radius 2 is 0.690 bits per heavy atom. The Morgan fingerprint density at radius 3 is 0.966 bits per heavy atom. The smallest absolute Gasteiger partial charge is 0.0620 e. The van der Waals surface area contributed by atoms with Gasteiger partial charge in [-0.05, 0) is 132 Å². The van der Waals surface area contributed by atoms with E-state index in [1.54, 1.807) is 0 Å². The summed E-state index contributed by atoms with van der Waals surface area (Å²) in [6.45, 7) is 27.5. The number of hydrogen-bond acceptors (Lipinski definition) is 2. The Bertz CT molecular complexity index is 2330. The van der Waals surface area contributed by atoms with Crippen molar-refractivity contribution in [2.24, 2.45) is 0 Å². The monoisotopic (exact) mass is 765 g/mol. The number of aryl methyl sites for hydroxylation is 2. The van der Waals surface area contributed by atoms with Crippen LogP contribution in [-0.4, -0.2) is 0 Å². The standard InChI is InChI=1S/C56H64N2/c1-13-39(5)41-19-29-47(30-20-41)57(45-25-15-37(3)16-26-45)53-49-33-23-44(56(10,11)12)36-52(49)54(50-34-24-43(35-51(50)53)55(7,8)9)58(46-27-17-38(4)18-28-46)48-31-21-42(22-32-48)40(6)14-2/h15-36,39-40H,13-14H2,1-12H3. The van der Waals surface area contributed by atoms with Crippen molar-refractivity contribution < 1.29 is 0 Å². The van der Waals surface area contributed by atoms with Gasteiger partial charge in [-0.2, -0.15) is 0 Å². The van der Waals surface area contributed by atoms with Gasteiger partial charge >= 0.3 is 0 Å². The average molecular weight is 765 g/mol. The molecule has 0 saturated heterocycles. The van der Waals surface area contributed by atoms with E-state index in [1.165, 1.54) is 66.3 Å². The molecule has 0 aliphatic heterocycles. The van der Waals surface area contributed by atoms with Gasteiger partial charge in [0.1, 0.15) is 0 Å². The second-order valence-corrected chi connectivity index (χ2v) is 18.9. The fourth-order valence-electron chi connectivity index (χ4n) is 8.18. The molecule has 2 heteroatoms. The predicted molar refractivity (Wildman–Crippen MR) is 255 cm³/mol. The zero-order chi connectivity index (χ0) is 41.5. The number of fused-ring (bicyclic) bond motifs is 2. The summed E-state index contributed by atoms with van der Waals surface area (Å²) in [5.41, 5.74) is 14.8. The summed E-state index contributed by atoms with van der Waals surface area (Å²) in [5, 5.41) is 4.92. The van der Waals surface area contributed by atoms with Crippen LogP contribution >= 0.6 is 0 Å². The van der Waals surface area contributed by atoms with E-state index < -0.39 is 0 Å². The molecule has 7 aromatic rings. The highest BCUT2D eigenvalue weighted by Crippen LogP contribution is 2.52. The molecular weight excluding hydrogens is 701 g/mol. The summed E-state index contributed by atoms with van der Waals surface area (Å²) in [5.74, 6) is 1.000. The van der Waals surface area contributed by atoms with Crippen LogP contribution in [0.15, 0.2) is 133 Å². The molecule has 0 amide bonds. The molecule has 0 bridgehead atoms. The highest BCUT2D eigenvalue weighted by atomic mass is 15.2. The molecule has 0 fully saturated rings. The molecule has 0 heterocycles. The van der Waals surface area contributed by atoms with Crippen LogP contribution in [0.4, 0.5) is 34.1 Å². The molecule has 2 atom stereocenters. The van der Waals surface area contributed by atoms with E-state index in [4.69, 9.17) is 0 Å². The van der Waals surface area contributed by atoms with Crippen LogP contribution in [0.5, 0.6) is 0 Å². The van der Waals surface area contributed by atoms with Crippen molar-refractivity contribution in [1.82, 2.24) is 0 Å². The summed E-state index contributed by atoms with van der Waals surface area (Å²) in [4.78, 5) is 5.04. The molecule has 0 N–H and O–H groups in total. The Balaban J connectivity index is 1.67. The maximum absolute atomic E-state index is 2.52. The minimum Gasteiger partial charge on any atom is -0.309 e. The van der Waals surface area contributed by atoms with Crippen LogP contribution in [-0.2, 0) is 10.8 Å². The van der Waals surface area contributed by atoms with Gasteiger partial charge in [-0.25, -0.2) is 0 Å². The predicted octanol–water partition coefficient (Wildman–Crippen LogP) is 17.2. The molecule has 2 nitrogen and oxygen atoms in total. The zero-order valence-electron chi connectivity index (χ0n) is 37.2. The van der Waals surface area contributed by atoms with E-state index in [0.717, 1.165) is 35.6 Å². The largest absolute Gasteiger partial charge is 0.309 e. The average Bonchev–Trinajstić information content (AvgIpc) is 3.21. The van der Waals surface area contributed by atoms with E-state index in [9.17, 15) is 0 Å². The molecule has 7 rings (SSSR count). The number of anilines is 6. The molecular formula is C56H64N2. The van der Waals surface area contributed by atoms with Gasteiger partial charge in [0.25, 0.3) is 0 Å². The third-order valence-electron chi connectivity index (χ3n) is 12.5. The van der Waals surface area contributed by atoms with Gasteiger partial charge in [0.15, 0.2) is 0 Å². The molecule has 58 heavy (non-hydrogen) atoms. The topological polar surface area (TPSA) is 6.48 Å². The van der Waals surface area contributed by atoms with Gasteiger partial charge in [-0.3, -0.25) is 0 Å².